The topological polar surface area (TPSA) is 103 Å². The zero-order valence-corrected chi connectivity index (χ0v) is 21.7. The van der Waals surface area contributed by atoms with Gasteiger partial charge in [0.15, 0.2) is 0 Å². The molecule has 2 aliphatic heterocycles. The number of amides is 3. The van der Waals surface area contributed by atoms with Crippen LogP contribution in [-0.2, 0) is 32.6 Å². The third-order valence-corrected chi connectivity index (χ3v) is 9.02. The molecular weight excluding hydrogens is 490 g/mol. The number of rotatable bonds is 4. The Labute approximate surface area is 227 Å². The number of aromatic nitrogens is 1. The van der Waals surface area contributed by atoms with Crippen molar-refractivity contribution in [2.24, 2.45) is 0 Å². The standard InChI is InChI=1S/C31H31N5O3/c37-25(19-36-28(38)26(20-8-3-1-4-9-20)35-31(36)13-5-2-6-14-31)33-23-12-11-21-17-30(18-22(21)16-23)24-10-7-15-32-27(24)34-29(30)39/h1,3-4,7-12,15-16,26,35H,2,5-6,13-14,17-19H2,(H,33,37)(H,32,34,39). The molecule has 1 aromatic heterocycles. The van der Waals surface area contributed by atoms with Crippen molar-refractivity contribution in [3.05, 3.63) is 89.1 Å². The van der Waals surface area contributed by atoms with E-state index in [0.717, 1.165) is 54.4 Å². The van der Waals surface area contributed by atoms with Gasteiger partial charge >= 0.3 is 0 Å². The van der Waals surface area contributed by atoms with Gasteiger partial charge in [0.25, 0.3) is 0 Å². The Kier molecular flexibility index (Phi) is 5.56. The smallest absolute Gasteiger partial charge is 0.246 e. The molecule has 8 heteroatoms. The van der Waals surface area contributed by atoms with Gasteiger partial charge in [-0.2, -0.15) is 0 Å². The second-order valence-electron chi connectivity index (χ2n) is 11.3. The largest absolute Gasteiger partial charge is 0.325 e. The SMILES string of the molecule is O=C(CN1C(=O)C(c2ccccc2)NC12CCCCC2)Nc1ccc2c(c1)CC1(C2)C(=O)Nc2ncccc21. The summed E-state index contributed by atoms with van der Waals surface area (Å²) in [7, 11) is 0. The number of hydrogen-bond donors (Lipinski definition) is 3. The molecule has 2 fully saturated rings. The van der Waals surface area contributed by atoms with Gasteiger partial charge < -0.3 is 15.5 Å². The highest BCUT2D eigenvalue weighted by atomic mass is 16.2. The zero-order valence-electron chi connectivity index (χ0n) is 21.7. The minimum atomic E-state index is -0.651. The minimum Gasteiger partial charge on any atom is -0.325 e. The summed E-state index contributed by atoms with van der Waals surface area (Å²) in [5.41, 5.74) is 3.55. The van der Waals surface area contributed by atoms with E-state index in [1.807, 2.05) is 60.7 Å². The van der Waals surface area contributed by atoms with E-state index >= 15 is 0 Å². The lowest BCUT2D eigenvalue weighted by Crippen LogP contribution is -2.55. The van der Waals surface area contributed by atoms with Crippen LogP contribution in [0.15, 0.2) is 66.9 Å². The summed E-state index contributed by atoms with van der Waals surface area (Å²) < 4.78 is 0. The number of carbonyl (C=O) groups is 3. The summed E-state index contributed by atoms with van der Waals surface area (Å²) in [6.45, 7) is -0.00234. The number of fused-ring (bicyclic) bond motifs is 3. The second-order valence-corrected chi connectivity index (χ2v) is 11.3. The Morgan fingerprint density at radius 3 is 2.59 bits per heavy atom. The highest BCUT2D eigenvalue weighted by Gasteiger charge is 2.52. The molecule has 2 atom stereocenters. The first kappa shape index (κ1) is 24.0. The van der Waals surface area contributed by atoms with Crippen molar-refractivity contribution >= 4 is 29.2 Å². The molecule has 7 rings (SSSR count). The molecule has 2 aliphatic carbocycles. The molecule has 3 aromatic rings. The number of nitrogens with one attached hydrogen (secondary N) is 3. The summed E-state index contributed by atoms with van der Waals surface area (Å²) in [5.74, 6) is 0.347. The fourth-order valence-corrected chi connectivity index (χ4v) is 7.12. The van der Waals surface area contributed by atoms with Gasteiger partial charge in [-0.25, -0.2) is 4.98 Å². The number of hydrogen-bond acceptors (Lipinski definition) is 5. The van der Waals surface area contributed by atoms with Crippen LogP contribution in [0, 0.1) is 0 Å². The maximum atomic E-state index is 13.6. The Balaban J connectivity index is 1.10. The molecule has 2 aromatic carbocycles. The number of carbonyl (C=O) groups excluding carboxylic acids is 3. The van der Waals surface area contributed by atoms with Crippen molar-refractivity contribution in [3.63, 3.8) is 0 Å². The van der Waals surface area contributed by atoms with Crippen molar-refractivity contribution in [3.8, 4) is 0 Å². The van der Waals surface area contributed by atoms with E-state index in [1.54, 1.807) is 11.1 Å². The molecular formula is C31H31N5O3. The first-order chi connectivity index (χ1) is 19.0. The van der Waals surface area contributed by atoms with E-state index in [-0.39, 0.29) is 24.3 Å². The monoisotopic (exact) mass is 521 g/mol. The molecule has 3 N–H and O–H groups in total. The molecule has 8 nitrogen and oxygen atoms in total. The van der Waals surface area contributed by atoms with Gasteiger partial charge in [0, 0.05) is 17.4 Å². The van der Waals surface area contributed by atoms with Crippen LogP contribution in [0.1, 0.15) is 60.4 Å². The average molecular weight is 522 g/mol. The maximum absolute atomic E-state index is 13.6. The van der Waals surface area contributed by atoms with Crippen LogP contribution in [0.2, 0.25) is 0 Å². The first-order valence-corrected chi connectivity index (χ1v) is 13.8. The van der Waals surface area contributed by atoms with Crippen LogP contribution in [0.5, 0.6) is 0 Å². The lowest BCUT2D eigenvalue weighted by atomic mass is 9.79. The van der Waals surface area contributed by atoms with E-state index < -0.39 is 17.1 Å². The number of pyridine rings is 1. The van der Waals surface area contributed by atoms with Gasteiger partial charge in [-0.1, -0.05) is 48.9 Å². The molecule has 3 heterocycles. The van der Waals surface area contributed by atoms with E-state index in [4.69, 9.17) is 0 Å². The molecule has 1 saturated carbocycles. The predicted molar refractivity (Wildman–Crippen MR) is 147 cm³/mol. The maximum Gasteiger partial charge on any atom is 0.246 e. The lowest BCUT2D eigenvalue weighted by Gasteiger charge is -2.41. The molecule has 2 unspecified atom stereocenters. The van der Waals surface area contributed by atoms with E-state index in [0.29, 0.717) is 24.3 Å². The predicted octanol–water partition coefficient (Wildman–Crippen LogP) is 3.84. The van der Waals surface area contributed by atoms with Crippen LogP contribution in [0.25, 0.3) is 0 Å². The van der Waals surface area contributed by atoms with Crippen molar-refractivity contribution in [1.82, 2.24) is 15.2 Å². The van der Waals surface area contributed by atoms with Gasteiger partial charge in [0.2, 0.25) is 17.7 Å². The Morgan fingerprint density at radius 2 is 1.77 bits per heavy atom. The second kappa shape index (κ2) is 9.02. The Morgan fingerprint density at radius 1 is 0.974 bits per heavy atom. The molecule has 4 aliphatic rings. The van der Waals surface area contributed by atoms with Crippen LogP contribution < -0.4 is 16.0 Å². The number of anilines is 2. The zero-order chi connectivity index (χ0) is 26.6. The molecule has 3 amide bonds. The van der Waals surface area contributed by atoms with Crippen LogP contribution in [-0.4, -0.2) is 39.8 Å². The van der Waals surface area contributed by atoms with Crippen LogP contribution in [0.4, 0.5) is 11.5 Å². The molecule has 39 heavy (non-hydrogen) atoms. The van der Waals surface area contributed by atoms with Crippen molar-refractivity contribution in [1.29, 1.82) is 0 Å². The van der Waals surface area contributed by atoms with Crippen molar-refractivity contribution in [2.75, 3.05) is 17.2 Å². The van der Waals surface area contributed by atoms with E-state index in [1.165, 1.54) is 0 Å². The summed E-state index contributed by atoms with van der Waals surface area (Å²) in [6, 6.07) is 19.0. The van der Waals surface area contributed by atoms with Crippen LogP contribution >= 0.6 is 0 Å². The Hall–Kier alpha value is -4.04. The van der Waals surface area contributed by atoms with Gasteiger partial charge in [-0.05, 0) is 73.4 Å². The van der Waals surface area contributed by atoms with Gasteiger partial charge in [0.1, 0.15) is 18.4 Å². The third-order valence-electron chi connectivity index (χ3n) is 9.02. The molecule has 2 spiro atoms. The number of benzene rings is 2. The van der Waals surface area contributed by atoms with Gasteiger partial charge in [-0.3, -0.25) is 19.7 Å². The first-order valence-electron chi connectivity index (χ1n) is 13.8. The minimum absolute atomic E-state index is 0.00234. The Bertz CT molecular complexity index is 1480. The quantitative estimate of drug-likeness (QED) is 0.484. The summed E-state index contributed by atoms with van der Waals surface area (Å²) in [4.78, 5) is 46.1. The summed E-state index contributed by atoms with van der Waals surface area (Å²) >= 11 is 0. The van der Waals surface area contributed by atoms with E-state index in [2.05, 4.69) is 20.9 Å². The van der Waals surface area contributed by atoms with Gasteiger partial charge in [-0.15, -0.1) is 0 Å². The molecule has 0 bridgehead atoms. The van der Waals surface area contributed by atoms with Crippen molar-refractivity contribution in [2.45, 2.75) is 62.1 Å². The highest BCUT2D eigenvalue weighted by Crippen LogP contribution is 2.47. The molecule has 1 saturated heterocycles. The third kappa shape index (κ3) is 3.85. The normalized spacial score (nSPS) is 24.6. The molecule has 0 radical (unpaired) electrons. The van der Waals surface area contributed by atoms with Gasteiger partial charge in [0.05, 0.1) is 11.1 Å². The highest BCUT2D eigenvalue weighted by molar-refractivity contribution is 6.06. The van der Waals surface area contributed by atoms with Crippen molar-refractivity contribution < 1.29 is 14.4 Å². The average Bonchev–Trinajstić information content (AvgIpc) is 3.56. The van der Waals surface area contributed by atoms with E-state index in [9.17, 15) is 14.4 Å². The fourth-order valence-electron chi connectivity index (χ4n) is 7.12. The fraction of sp³-hybridized carbons (Fsp3) is 0.355. The summed E-state index contributed by atoms with van der Waals surface area (Å²) in [5, 5.41) is 9.59. The molecule has 198 valence electrons. The van der Waals surface area contributed by atoms with Crippen LogP contribution in [0.3, 0.4) is 0 Å². The lowest BCUT2D eigenvalue weighted by molar-refractivity contribution is -0.137. The summed E-state index contributed by atoms with van der Waals surface area (Å²) in [6.07, 6.45) is 7.74. The number of nitrogens with zero attached hydrogens (tertiary/aromatic N) is 2.